The van der Waals surface area contributed by atoms with E-state index in [-0.39, 0.29) is 18.4 Å². The van der Waals surface area contributed by atoms with E-state index < -0.39 is 0 Å². The molecule has 0 saturated carbocycles. The lowest BCUT2D eigenvalue weighted by Crippen LogP contribution is -2.28. The molecular weight excluding hydrogens is 368 g/mol. The van der Waals surface area contributed by atoms with Crippen molar-refractivity contribution in [1.29, 1.82) is 0 Å². The lowest BCUT2D eigenvalue weighted by Gasteiger charge is -2.14. The highest BCUT2D eigenvalue weighted by atomic mass is 32.1. The fraction of sp³-hybridized carbons (Fsp3) is 0.304. The standard InChI is InChI=1S/C23H26N2O2S/c1-4-17-6-8-19(9-7-17)23-25-20(15-28-23)14-22(26)24-16(3)18-10-12-21(13-11-18)27-5-2/h6-13,15-16H,4-5,14H2,1-3H3,(H,24,26). The van der Waals surface area contributed by atoms with Crippen molar-refractivity contribution >= 4 is 17.2 Å². The molecule has 0 aliphatic rings. The van der Waals surface area contributed by atoms with Crippen molar-refractivity contribution in [2.75, 3.05) is 6.61 Å². The Morgan fingerprint density at radius 2 is 1.82 bits per heavy atom. The molecule has 0 bridgehead atoms. The lowest BCUT2D eigenvalue weighted by atomic mass is 10.1. The van der Waals surface area contributed by atoms with Crippen LogP contribution in [0, 0.1) is 0 Å². The van der Waals surface area contributed by atoms with Crippen LogP contribution in [0.2, 0.25) is 0 Å². The molecule has 1 N–H and O–H groups in total. The van der Waals surface area contributed by atoms with E-state index in [1.165, 1.54) is 5.56 Å². The van der Waals surface area contributed by atoms with Crippen LogP contribution in [0.5, 0.6) is 5.75 Å². The maximum Gasteiger partial charge on any atom is 0.226 e. The van der Waals surface area contributed by atoms with Crippen molar-refractivity contribution < 1.29 is 9.53 Å². The van der Waals surface area contributed by atoms with E-state index in [1.807, 2.05) is 43.5 Å². The van der Waals surface area contributed by atoms with Gasteiger partial charge in [-0.05, 0) is 43.5 Å². The normalized spacial score (nSPS) is 11.8. The molecule has 0 saturated heterocycles. The van der Waals surface area contributed by atoms with E-state index in [4.69, 9.17) is 4.74 Å². The minimum atomic E-state index is -0.0668. The van der Waals surface area contributed by atoms with Gasteiger partial charge in [0.2, 0.25) is 5.91 Å². The quantitative estimate of drug-likeness (QED) is 0.572. The van der Waals surface area contributed by atoms with Crippen LogP contribution >= 0.6 is 11.3 Å². The number of nitrogens with one attached hydrogen (secondary N) is 1. The largest absolute Gasteiger partial charge is 0.494 e. The molecule has 5 heteroatoms. The van der Waals surface area contributed by atoms with E-state index in [1.54, 1.807) is 11.3 Å². The number of benzene rings is 2. The van der Waals surface area contributed by atoms with Gasteiger partial charge in [-0.15, -0.1) is 11.3 Å². The van der Waals surface area contributed by atoms with Gasteiger partial charge in [0.1, 0.15) is 10.8 Å². The first-order valence-corrected chi connectivity index (χ1v) is 10.5. The van der Waals surface area contributed by atoms with Crippen molar-refractivity contribution in [3.8, 4) is 16.3 Å². The number of carbonyl (C=O) groups excluding carboxylic acids is 1. The molecule has 1 unspecified atom stereocenters. The zero-order valence-corrected chi connectivity index (χ0v) is 17.4. The average Bonchev–Trinajstić information content (AvgIpc) is 3.17. The van der Waals surface area contributed by atoms with Crippen LogP contribution in [0.4, 0.5) is 0 Å². The van der Waals surface area contributed by atoms with E-state index in [0.717, 1.165) is 34.0 Å². The van der Waals surface area contributed by atoms with Crippen molar-refractivity contribution in [2.24, 2.45) is 0 Å². The molecule has 0 spiro atoms. The maximum absolute atomic E-state index is 12.4. The molecule has 1 aromatic heterocycles. The Morgan fingerprint density at radius 1 is 1.11 bits per heavy atom. The van der Waals surface area contributed by atoms with Crippen LogP contribution in [-0.2, 0) is 17.6 Å². The first-order chi connectivity index (χ1) is 13.6. The topological polar surface area (TPSA) is 51.2 Å². The van der Waals surface area contributed by atoms with E-state index in [9.17, 15) is 4.79 Å². The first-order valence-electron chi connectivity index (χ1n) is 9.64. The molecular formula is C23H26N2O2S. The summed E-state index contributed by atoms with van der Waals surface area (Å²) in [4.78, 5) is 17.1. The van der Waals surface area contributed by atoms with Gasteiger partial charge in [-0.2, -0.15) is 0 Å². The van der Waals surface area contributed by atoms with E-state index in [0.29, 0.717) is 6.61 Å². The Bertz CT molecular complexity index is 901. The molecule has 146 valence electrons. The van der Waals surface area contributed by atoms with Gasteiger partial charge in [0.05, 0.1) is 24.8 Å². The number of thiazole rings is 1. The number of aromatic nitrogens is 1. The Balaban J connectivity index is 1.57. The summed E-state index contributed by atoms with van der Waals surface area (Å²) in [5.41, 5.74) is 4.25. The average molecular weight is 395 g/mol. The van der Waals surface area contributed by atoms with Gasteiger partial charge in [-0.3, -0.25) is 4.79 Å². The number of hydrogen-bond acceptors (Lipinski definition) is 4. The van der Waals surface area contributed by atoms with Crippen molar-refractivity contribution in [1.82, 2.24) is 10.3 Å². The van der Waals surface area contributed by atoms with Crippen LogP contribution in [0.3, 0.4) is 0 Å². The van der Waals surface area contributed by atoms with Crippen LogP contribution < -0.4 is 10.1 Å². The number of nitrogens with zero attached hydrogens (tertiary/aromatic N) is 1. The zero-order valence-electron chi connectivity index (χ0n) is 16.6. The summed E-state index contributed by atoms with van der Waals surface area (Å²) < 4.78 is 5.46. The van der Waals surface area contributed by atoms with Gasteiger partial charge in [0.25, 0.3) is 0 Å². The van der Waals surface area contributed by atoms with Crippen molar-refractivity contribution in [3.05, 3.63) is 70.7 Å². The smallest absolute Gasteiger partial charge is 0.226 e. The van der Waals surface area contributed by atoms with Crippen molar-refractivity contribution in [3.63, 3.8) is 0 Å². The number of hydrogen-bond donors (Lipinski definition) is 1. The second kappa shape index (κ2) is 9.51. The molecule has 28 heavy (non-hydrogen) atoms. The summed E-state index contributed by atoms with van der Waals surface area (Å²) in [7, 11) is 0. The molecule has 3 rings (SSSR count). The van der Waals surface area contributed by atoms with Crippen LogP contribution in [0.25, 0.3) is 10.6 Å². The third-order valence-electron chi connectivity index (χ3n) is 4.57. The second-order valence-corrected chi connectivity index (χ2v) is 7.52. The van der Waals surface area contributed by atoms with Gasteiger partial charge in [0, 0.05) is 10.9 Å². The fourth-order valence-electron chi connectivity index (χ4n) is 2.96. The lowest BCUT2D eigenvalue weighted by molar-refractivity contribution is -0.121. The summed E-state index contributed by atoms with van der Waals surface area (Å²) in [5.74, 6) is 0.811. The zero-order chi connectivity index (χ0) is 19.9. The molecule has 0 aliphatic carbocycles. The van der Waals surface area contributed by atoms with Crippen LogP contribution in [0.1, 0.15) is 43.6 Å². The van der Waals surface area contributed by atoms with Crippen LogP contribution in [0.15, 0.2) is 53.9 Å². The predicted octanol–water partition coefficient (Wildman–Crippen LogP) is 5.19. The molecule has 0 radical (unpaired) electrons. The highest BCUT2D eigenvalue weighted by molar-refractivity contribution is 7.13. The summed E-state index contributed by atoms with van der Waals surface area (Å²) in [6, 6.07) is 16.2. The molecule has 2 aromatic carbocycles. The third kappa shape index (κ3) is 5.20. The predicted molar refractivity (Wildman–Crippen MR) is 115 cm³/mol. The van der Waals surface area contributed by atoms with Gasteiger partial charge in [-0.25, -0.2) is 4.98 Å². The fourth-order valence-corrected chi connectivity index (χ4v) is 3.79. The summed E-state index contributed by atoms with van der Waals surface area (Å²) in [6.07, 6.45) is 1.31. The van der Waals surface area contributed by atoms with Crippen LogP contribution in [-0.4, -0.2) is 17.5 Å². The molecule has 0 aliphatic heterocycles. The maximum atomic E-state index is 12.4. The number of ether oxygens (including phenoxy) is 1. The highest BCUT2D eigenvalue weighted by Gasteiger charge is 2.13. The van der Waals surface area contributed by atoms with E-state index in [2.05, 4.69) is 41.5 Å². The number of amides is 1. The minimum Gasteiger partial charge on any atom is -0.494 e. The molecule has 3 aromatic rings. The summed E-state index contributed by atoms with van der Waals surface area (Å²) in [5, 5.41) is 5.96. The summed E-state index contributed by atoms with van der Waals surface area (Å²) in [6.45, 7) is 6.73. The highest BCUT2D eigenvalue weighted by Crippen LogP contribution is 2.24. The number of carbonyl (C=O) groups is 1. The second-order valence-electron chi connectivity index (χ2n) is 6.66. The molecule has 1 heterocycles. The summed E-state index contributed by atoms with van der Waals surface area (Å²) >= 11 is 1.57. The van der Waals surface area contributed by atoms with Crippen molar-refractivity contribution in [2.45, 2.75) is 39.7 Å². The Kier molecular flexibility index (Phi) is 6.82. The molecule has 1 atom stereocenters. The van der Waals surface area contributed by atoms with Gasteiger partial charge >= 0.3 is 0 Å². The number of rotatable bonds is 8. The van der Waals surface area contributed by atoms with Gasteiger partial charge in [-0.1, -0.05) is 43.3 Å². The molecule has 4 nitrogen and oxygen atoms in total. The van der Waals surface area contributed by atoms with E-state index >= 15 is 0 Å². The Hall–Kier alpha value is -2.66. The van der Waals surface area contributed by atoms with Gasteiger partial charge in [0.15, 0.2) is 0 Å². The molecule has 1 amide bonds. The Morgan fingerprint density at radius 3 is 2.46 bits per heavy atom. The number of aryl methyl sites for hydroxylation is 1. The molecule has 0 fully saturated rings. The van der Waals surface area contributed by atoms with Gasteiger partial charge < -0.3 is 10.1 Å². The Labute approximate surface area is 170 Å². The SMILES string of the molecule is CCOc1ccc(C(C)NC(=O)Cc2csc(-c3ccc(CC)cc3)n2)cc1. The third-order valence-corrected chi connectivity index (χ3v) is 5.51. The monoisotopic (exact) mass is 394 g/mol. The first kappa shape index (κ1) is 20.1. The minimum absolute atomic E-state index is 0.0282.